The third-order valence-corrected chi connectivity index (χ3v) is 3.56. The zero-order chi connectivity index (χ0) is 14.1. The third kappa shape index (κ3) is 5.54. The van der Waals surface area contributed by atoms with E-state index in [1.165, 1.54) is 25.0 Å². The molecule has 1 atom stereocenters. The summed E-state index contributed by atoms with van der Waals surface area (Å²) in [6.07, 6.45) is 7.58. The Kier molecular flexibility index (Phi) is 7.39. The Balaban J connectivity index is 2.66. The summed E-state index contributed by atoms with van der Waals surface area (Å²) in [5.74, 6) is 0.00848. The van der Waals surface area contributed by atoms with Crippen LogP contribution in [0.15, 0.2) is 24.3 Å². The monoisotopic (exact) mass is 264 g/mol. The van der Waals surface area contributed by atoms with E-state index in [0.717, 1.165) is 32.1 Å². The average Bonchev–Trinajstić information content (AvgIpc) is 2.43. The molecule has 2 heteroatoms. The molecule has 0 bridgehead atoms. The van der Waals surface area contributed by atoms with E-state index < -0.39 is 0 Å². The maximum absolute atomic E-state index is 12.9. The SMILES string of the molecule is CCCCCC(CCCC)C(=O)c1ccc(F)cc1. The van der Waals surface area contributed by atoms with Crippen molar-refractivity contribution in [2.75, 3.05) is 0 Å². The Bertz CT molecular complexity index is 369. The highest BCUT2D eigenvalue weighted by Gasteiger charge is 2.19. The molecule has 19 heavy (non-hydrogen) atoms. The lowest BCUT2D eigenvalue weighted by Gasteiger charge is -2.15. The van der Waals surface area contributed by atoms with Crippen molar-refractivity contribution in [3.8, 4) is 0 Å². The molecule has 0 aliphatic rings. The maximum Gasteiger partial charge on any atom is 0.165 e. The fourth-order valence-electron chi connectivity index (χ4n) is 2.35. The summed E-state index contributed by atoms with van der Waals surface area (Å²) >= 11 is 0. The van der Waals surface area contributed by atoms with Crippen LogP contribution < -0.4 is 0 Å². The van der Waals surface area contributed by atoms with Crippen molar-refractivity contribution in [1.29, 1.82) is 0 Å². The van der Waals surface area contributed by atoms with Gasteiger partial charge in [0.2, 0.25) is 0 Å². The summed E-state index contributed by atoms with van der Waals surface area (Å²) < 4.78 is 12.9. The van der Waals surface area contributed by atoms with Crippen LogP contribution >= 0.6 is 0 Å². The Morgan fingerprint density at radius 1 is 1.00 bits per heavy atom. The van der Waals surface area contributed by atoms with Gasteiger partial charge in [0.25, 0.3) is 0 Å². The Morgan fingerprint density at radius 2 is 1.58 bits per heavy atom. The van der Waals surface area contributed by atoms with Gasteiger partial charge in [0.05, 0.1) is 0 Å². The molecule has 1 aromatic carbocycles. The van der Waals surface area contributed by atoms with Crippen molar-refractivity contribution in [3.05, 3.63) is 35.6 Å². The summed E-state index contributed by atoms with van der Waals surface area (Å²) in [6, 6.07) is 5.96. The van der Waals surface area contributed by atoms with E-state index >= 15 is 0 Å². The van der Waals surface area contributed by atoms with Gasteiger partial charge in [0, 0.05) is 11.5 Å². The number of carbonyl (C=O) groups excluding carboxylic acids is 1. The summed E-state index contributed by atoms with van der Waals surface area (Å²) in [6.45, 7) is 4.31. The fraction of sp³-hybridized carbons (Fsp3) is 0.588. The highest BCUT2D eigenvalue weighted by atomic mass is 19.1. The molecule has 1 unspecified atom stereocenters. The first-order chi connectivity index (χ1) is 9.19. The molecule has 1 aromatic rings. The van der Waals surface area contributed by atoms with E-state index in [2.05, 4.69) is 13.8 Å². The minimum absolute atomic E-state index is 0.108. The lowest BCUT2D eigenvalue weighted by Crippen LogP contribution is -2.15. The third-order valence-electron chi connectivity index (χ3n) is 3.56. The molecule has 0 amide bonds. The van der Waals surface area contributed by atoms with Crippen LogP contribution in [0.1, 0.15) is 69.2 Å². The number of benzene rings is 1. The maximum atomic E-state index is 12.9. The van der Waals surface area contributed by atoms with E-state index in [0.29, 0.717) is 5.56 Å². The lowest BCUT2D eigenvalue weighted by atomic mass is 9.88. The molecule has 106 valence electrons. The van der Waals surface area contributed by atoms with Gasteiger partial charge in [0.15, 0.2) is 5.78 Å². The molecular weight excluding hydrogens is 239 g/mol. The highest BCUT2D eigenvalue weighted by molar-refractivity contribution is 5.97. The molecule has 0 heterocycles. The van der Waals surface area contributed by atoms with Gasteiger partial charge in [-0.15, -0.1) is 0 Å². The zero-order valence-electron chi connectivity index (χ0n) is 12.1. The second kappa shape index (κ2) is 8.84. The minimum atomic E-state index is -0.285. The molecule has 1 rings (SSSR count). The second-order valence-electron chi connectivity index (χ2n) is 5.21. The van der Waals surface area contributed by atoms with E-state index in [1.54, 1.807) is 12.1 Å². The average molecular weight is 264 g/mol. The first-order valence-electron chi connectivity index (χ1n) is 7.48. The summed E-state index contributed by atoms with van der Waals surface area (Å²) in [4.78, 5) is 12.4. The van der Waals surface area contributed by atoms with Crippen LogP contribution in [0.25, 0.3) is 0 Å². The smallest absolute Gasteiger partial charge is 0.165 e. The van der Waals surface area contributed by atoms with E-state index in [4.69, 9.17) is 0 Å². The minimum Gasteiger partial charge on any atom is -0.294 e. The van der Waals surface area contributed by atoms with E-state index in [9.17, 15) is 9.18 Å². The number of unbranched alkanes of at least 4 members (excludes halogenated alkanes) is 3. The van der Waals surface area contributed by atoms with Gasteiger partial charge < -0.3 is 0 Å². The van der Waals surface area contributed by atoms with Gasteiger partial charge in [-0.3, -0.25) is 4.79 Å². The van der Waals surface area contributed by atoms with Crippen LogP contribution in [0.4, 0.5) is 4.39 Å². The molecular formula is C17H25FO. The van der Waals surface area contributed by atoms with Gasteiger partial charge in [-0.1, -0.05) is 46.0 Å². The van der Waals surface area contributed by atoms with Gasteiger partial charge in [-0.25, -0.2) is 4.39 Å². The first kappa shape index (κ1) is 15.9. The number of rotatable bonds is 9. The molecule has 0 saturated heterocycles. The number of hydrogen-bond donors (Lipinski definition) is 0. The van der Waals surface area contributed by atoms with Gasteiger partial charge in [-0.05, 0) is 37.1 Å². The summed E-state index contributed by atoms with van der Waals surface area (Å²) in [7, 11) is 0. The topological polar surface area (TPSA) is 17.1 Å². The predicted octanol–water partition coefficient (Wildman–Crippen LogP) is 5.40. The van der Waals surface area contributed by atoms with E-state index in [-0.39, 0.29) is 17.5 Å². The standard InChI is InChI=1S/C17H25FO/c1-3-5-7-9-14(8-6-4-2)17(19)15-10-12-16(18)13-11-15/h10-14H,3-9H2,1-2H3. The van der Waals surface area contributed by atoms with Crippen LogP contribution in [0.2, 0.25) is 0 Å². The van der Waals surface area contributed by atoms with Crippen LogP contribution in [0, 0.1) is 11.7 Å². The predicted molar refractivity (Wildman–Crippen MR) is 77.9 cm³/mol. The molecule has 0 fully saturated rings. The van der Waals surface area contributed by atoms with Gasteiger partial charge >= 0.3 is 0 Å². The molecule has 0 N–H and O–H groups in total. The summed E-state index contributed by atoms with van der Waals surface area (Å²) in [5, 5.41) is 0. The van der Waals surface area contributed by atoms with E-state index in [1.807, 2.05) is 0 Å². The van der Waals surface area contributed by atoms with Crippen molar-refractivity contribution < 1.29 is 9.18 Å². The van der Waals surface area contributed by atoms with Crippen LogP contribution in [-0.4, -0.2) is 5.78 Å². The molecule has 0 spiro atoms. The van der Waals surface area contributed by atoms with Crippen molar-refractivity contribution >= 4 is 5.78 Å². The lowest BCUT2D eigenvalue weighted by molar-refractivity contribution is 0.0902. The molecule has 0 saturated carbocycles. The van der Waals surface area contributed by atoms with Crippen molar-refractivity contribution in [3.63, 3.8) is 0 Å². The van der Waals surface area contributed by atoms with Crippen LogP contribution in [-0.2, 0) is 0 Å². The molecule has 0 aliphatic carbocycles. The number of carbonyl (C=O) groups is 1. The normalized spacial score (nSPS) is 12.4. The molecule has 0 radical (unpaired) electrons. The first-order valence-corrected chi connectivity index (χ1v) is 7.48. The largest absolute Gasteiger partial charge is 0.294 e. The van der Waals surface area contributed by atoms with Crippen molar-refractivity contribution in [1.82, 2.24) is 0 Å². The fourth-order valence-corrected chi connectivity index (χ4v) is 2.35. The molecule has 0 aliphatic heterocycles. The highest BCUT2D eigenvalue weighted by Crippen LogP contribution is 2.22. The number of hydrogen-bond acceptors (Lipinski definition) is 1. The Labute approximate surface area is 116 Å². The second-order valence-corrected chi connectivity index (χ2v) is 5.21. The zero-order valence-corrected chi connectivity index (χ0v) is 12.1. The Hall–Kier alpha value is -1.18. The van der Waals surface area contributed by atoms with Crippen molar-refractivity contribution in [2.24, 2.45) is 5.92 Å². The van der Waals surface area contributed by atoms with Crippen LogP contribution in [0.3, 0.4) is 0 Å². The summed E-state index contributed by atoms with van der Waals surface area (Å²) in [5.41, 5.74) is 0.652. The van der Waals surface area contributed by atoms with Gasteiger partial charge in [-0.2, -0.15) is 0 Å². The van der Waals surface area contributed by atoms with Gasteiger partial charge in [0.1, 0.15) is 5.82 Å². The molecule has 0 aromatic heterocycles. The van der Waals surface area contributed by atoms with Crippen molar-refractivity contribution in [2.45, 2.75) is 58.8 Å². The molecule has 1 nitrogen and oxygen atoms in total. The number of ketones is 1. The van der Waals surface area contributed by atoms with Crippen LogP contribution in [0.5, 0.6) is 0 Å². The number of Topliss-reactive ketones (excluding diaryl/α,β-unsaturated/α-hetero) is 1. The quantitative estimate of drug-likeness (QED) is 0.431. The number of halogens is 1. The Morgan fingerprint density at radius 3 is 2.16 bits per heavy atom.